The summed E-state index contributed by atoms with van der Waals surface area (Å²) in [6, 6.07) is 6.26. The summed E-state index contributed by atoms with van der Waals surface area (Å²) in [5.41, 5.74) is 0.505. The van der Waals surface area contributed by atoms with Crippen molar-refractivity contribution < 1.29 is 4.79 Å². The van der Waals surface area contributed by atoms with Crippen LogP contribution in [-0.4, -0.2) is 48.9 Å². The van der Waals surface area contributed by atoms with Crippen molar-refractivity contribution >= 4 is 29.1 Å². The molecule has 3 rings (SSSR count). The molecule has 5 heteroatoms. The second kappa shape index (κ2) is 6.62. The summed E-state index contributed by atoms with van der Waals surface area (Å²) in [4.78, 5) is 17.0. The van der Waals surface area contributed by atoms with Crippen LogP contribution in [0.1, 0.15) is 36.0 Å². The number of nitrogens with zero attached hydrogens (tertiary/aromatic N) is 2. The zero-order valence-electron chi connectivity index (χ0n) is 13.9. The molecule has 2 unspecified atom stereocenters. The summed E-state index contributed by atoms with van der Waals surface area (Å²) in [5, 5.41) is 0.792. The molecule has 4 atom stereocenters. The maximum absolute atomic E-state index is 12.8. The van der Waals surface area contributed by atoms with Gasteiger partial charge in [0.25, 0.3) is 5.91 Å². The quantitative estimate of drug-likeness (QED) is 0.812. The van der Waals surface area contributed by atoms with Gasteiger partial charge in [-0.25, -0.2) is 0 Å². The van der Waals surface area contributed by atoms with Crippen molar-refractivity contribution in [2.75, 3.05) is 21.1 Å². The minimum absolute atomic E-state index is 0.0216. The van der Waals surface area contributed by atoms with Crippen LogP contribution < -0.4 is 0 Å². The average molecular weight is 355 g/mol. The van der Waals surface area contributed by atoms with Gasteiger partial charge in [-0.3, -0.25) is 4.79 Å². The van der Waals surface area contributed by atoms with Gasteiger partial charge in [0.05, 0.1) is 15.6 Å². The molecule has 0 N–H and O–H groups in total. The number of halogens is 2. The van der Waals surface area contributed by atoms with Crippen LogP contribution in [0.25, 0.3) is 0 Å². The van der Waals surface area contributed by atoms with E-state index in [4.69, 9.17) is 23.2 Å². The van der Waals surface area contributed by atoms with E-state index in [1.807, 2.05) is 11.9 Å². The molecule has 1 aromatic carbocycles. The summed E-state index contributed by atoms with van der Waals surface area (Å²) in [5.74, 6) is 1.47. The average Bonchev–Trinajstić information content (AvgIpc) is 3.07. The van der Waals surface area contributed by atoms with E-state index in [2.05, 4.69) is 19.0 Å². The van der Waals surface area contributed by atoms with Crippen LogP contribution in [0.4, 0.5) is 0 Å². The summed E-state index contributed by atoms with van der Waals surface area (Å²) in [7, 11) is 6.23. The SMILES string of the molecule is CN(C)C1C[C@@H]2CC(N(C)C(=O)c3cccc(Cl)c3Cl)C[C@@H]2C1. The first-order valence-electron chi connectivity index (χ1n) is 8.26. The van der Waals surface area contributed by atoms with Gasteiger partial charge in [0.1, 0.15) is 0 Å². The highest BCUT2D eigenvalue weighted by atomic mass is 35.5. The Morgan fingerprint density at radius 2 is 1.57 bits per heavy atom. The molecule has 23 heavy (non-hydrogen) atoms. The topological polar surface area (TPSA) is 23.6 Å². The second-order valence-corrected chi connectivity index (χ2v) is 8.04. The highest BCUT2D eigenvalue weighted by Crippen LogP contribution is 2.46. The van der Waals surface area contributed by atoms with Crippen molar-refractivity contribution in [2.24, 2.45) is 11.8 Å². The lowest BCUT2D eigenvalue weighted by molar-refractivity contribution is 0.0726. The molecule has 0 spiro atoms. The molecule has 0 aromatic heterocycles. The first-order valence-corrected chi connectivity index (χ1v) is 9.01. The molecule has 0 saturated heterocycles. The van der Waals surface area contributed by atoms with Gasteiger partial charge in [-0.1, -0.05) is 29.3 Å². The van der Waals surface area contributed by atoms with Gasteiger partial charge in [0, 0.05) is 19.1 Å². The summed E-state index contributed by atoms with van der Waals surface area (Å²) >= 11 is 12.2. The van der Waals surface area contributed by atoms with Crippen LogP contribution in [0, 0.1) is 11.8 Å². The van der Waals surface area contributed by atoms with Crippen molar-refractivity contribution in [2.45, 2.75) is 37.8 Å². The lowest BCUT2D eigenvalue weighted by Crippen LogP contribution is -2.36. The molecule has 1 amide bonds. The van der Waals surface area contributed by atoms with E-state index in [1.54, 1.807) is 18.2 Å². The van der Waals surface area contributed by atoms with Gasteiger partial charge in [0.15, 0.2) is 0 Å². The third kappa shape index (κ3) is 3.24. The molecular formula is C18H24Cl2N2O. The summed E-state index contributed by atoms with van der Waals surface area (Å²) in [6.45, 7) is 0. The largest absolute Gasteiger partial charge is 0.339 e. The number of carbonyl (C=O) groups is 1. The Labute approximate surface area is 148 Å². The van der Waals surface area contributed by atoms with Crippen molar-refractivity contribution in [3.05, 3.63) is 33.8 Å². The third-order valence-electron chi connectivity index (χ3n) is 5.75. The molecule has 0 heterocycles. The standard InChI is InChI=1S/C18H24Cl2N2O/c1-21(2)13-7-11-9-14(10-12(11)8-13)22(3)18(23)15-5-4-6-16(19)17(15)20/h4-6,11-14H,7-10H2,1-3H3/t11-,12+,13?,14?. The van der Waals surface area contributed by atoms with E-state index >= 15 is 0 Å². The number of amides is 1. The first-order chi connectivity index (χ1) is 10.9. The Kier molecular flexibility index (Phi) is 4.91. The second-order valence-electron chi connectivity index (χ2n) is 7.25. The Bertz CT molecular complexity index is 591. The molecule has 2 saturated carbocycles. The van der Waals surface area contributed by atoms with E-state index < -0.39 is 0 Å². The molecule has 0 aliphatic heterocycles. The molecular weight excluding hydrogens is 331 g/mol. The minimum atomic E-state index is -0.0216. The van der Waals surface area contributed by atoms with Gasteiger partial charge >= 0.3 is 0 Å². The normalized spacial score (nSPS) is 29.8. The van der Waals surface area contributed by atoms with Crippen molar-refractivity contribution in [3.63, 3.8) is 0 Å². The van der Waals surface area contributed by atoms with Crippen LogP contribution in [0.2, 0.25) is 10.0 Å². The number of rotatable bonds is 3. The van der Waals surface area contributed by atoms with E-state index in [1.165, 1.54) is 12.8 Å². The molecule has 2 fully saturated rings. The van der Waals surface area contributed by atoms with Crippen LogP contribution >= 0.6 is 23.2 Å². The predicted molar refractivity (Wildman–Crippen MR) is 95.3 cm³/mol. The van der Waals surface area contributed by atoms with E-state index in [9.17, 15) is 4.79 Å². The number of carbonyl (C=O) groups excluding carboxylic acids is 1. The first kappa shape index (κ1) is 17.1. The molecule has 126 valence electrons. The maximum atomic E-state index is 12.8. The van der Waals surface area contributed by atoms with Crippen LogP contribution in [-0.2, 0) is 0 Å². The smallest absolute Gasteiger partial charge is 0.255 e. The van der Waals surface area contributed by atoms with E-state index in [-0.39, 0.29) is 5.91 Å². The number of benzene rings is 1. The molecule has 2 aliphatic carbocycles. The fourth-order valence-corrected chi connectivity index (χ4v) is 4.70. The Morgan fingerprint density at radius 3 is 2.13 bits per heavy atom. The zero-order valence-corrected chi connectivity index (χ0v) is 15.4. The number of hydrogen-bond acceptors (Lipinski definition) is 2. The molecule has 3 nitrogen and oxygen atoms in total. The lowest BCUT2D eigenvalue weighted by Gasteiger charge is -2.27. The van der Waals surface area contributed by atoms with Crippen LogP contribution in [0.3, 0.4) is 0 Å². The van der Waals surface area contributed by atoms with Gasteiger partial charge < -0.3 is 9.80 Å². The van der Waals surface area contributed by atoms with Gasteiger partial charge in [-0.05, 0) is 63.7 Å². The Balaban J connectivity index is 1.67. The maximum Gasteiger partial charge on any atom is 0.255 e. The number of hydrogen-bond donors (Lipinski definition) is 0. The number of fused-ring (bicyclic) bond motifs is 1. The zero-order chi connectivity index (χ0) is 16.7. The third-order valence-corrected chi connectivity index (χ3v) is 6.57. The lowest BCUT2D eigenvalue weighted by atomic mass is 10.0. The van der Waals surface area contributed by atoms with Crippen molar-refractivity contribution in [1.82, 2.24) is 9.80 Å². The Morgan fingerprint density at radius 1 is 1.00 bits per heavy atom. The van der Waals surface area contributed by atoms with Gasteiger partial charge in [0.2, 0.25) is 0 Å². The summed E-state index contributed by atoms with van der Waals surface area (Å²) in [6.07, 6.45) is 4.73. The minimum Gasteiger partial charge on any atom is -0.339 e. The predicted octanol–water partition coefficient (Wildman–Crippen LogP) is 4.18. The highest BCUT2D eigenvalue weighted by molar-refractivity contribution is 6.43. The van der Waals surface area contributed by atoms with Crippen molar-refractivity contribution in [3.8, 4) is 0 Å². The van der Waals surface area contributed by atoms with Crippen LogP contribution in [0.15, 0.2) is 18.2 Å². The van der Waals surface area contributed by atoms with Crippen LogP contribution in [0.5, 0.6) is 0 Å². The molecule has 1 aromatic rings. The molecule has 2 aliphatic rings. The molecule has 0 bridgehead atoms. The fourth-order valence-electron chi connectivity index (χ4n) is 4.32. The molecule has 0 radical (unpaired) electrons. The highest BCUT2D eigenvalue weighted by Gasteiger charge is 2.44. The van der Waals surface area contributed by atoms with Gasteiger partial charge in [-0.2, -0.15) is 0 Å². The van der Waals surface area contributed by atoms with E-state index in [0.717, 1.165) is 24.7 Å². The van der Waals surface area contributed by atoms with Gasteiger partial charge in [-0.15, -0.1) is 0 Å². The monoisotopic (exact) mass is 354 g/mol. The Hall–Kier alpha value is -0.770. The van der Waals surface area contributed by atoms with Crippen molar-refractivity contribution in [1.29, 1.82) is 0 Å². The summed E-state index contributed by atoms with van der Waals surface area (Å²) < 4.78 is 0. The van der Waals surface area contributed by atoms with E-state index in [0.29, 0.717) is 27.7 Å². The fraction of sp³-hybridized carbons (Fsp3) is 0.611.